The first kappa shape index (κ1) is 79.9. The Balaban J connectivity index is 0.000000288. The second-order valence-electron chi connectivity index (χ2n) is 29.8. The van der Waals surface area contributed by atoms with Crippen LogP contribution in [0.25, 0.3) is 49.7 Å². The van der Waals surface area contributed by atoms with Crippen LogP contribution in [0.2, 0.25) is 0 Å². The van der Waals surface area contributed by atoms with Gasteiger partial charge in [0, 0.05) is 88.0 Å². The quantitative estimate of drug-likeness (QED) is 0.0583. The first-order chi connectivity index (χ1) is 49.7. The van der Waals surface area contributed by atoms with Gasteiger partial charge in [-0.15, -0.1) is 0 Å². The number of piperidine rings is 1. The Kier molecular flexibility index (Phi) is 27.5. The minimum absolute atomic E-state index is 0.0158. The predicted octanol–water partition coefficient (Wildman–Crippen LogP) is 12.1. The Morgan fingerprint density at radius 1 is 0.798 bits per heavy atom. The smallest absolute Gasteiger partial charge is 0.333 e. The average Bonchev–Trinajstić information content (AvgIpc) is 1.62. The van der Waals surface area contributed by atoms with Crippen LogP contribution < -0.4 is 5.69 Å². The number of aryl methyl sites for hydroxylation is 1. The summed E-state index contributed by atoms with van der Waals surface area (Å²) >= 11 is 0. The van der Waals surface area contributed by atoms with E-state index < -0.39 is 83.2 Å². The van der Waals surface area contributed by atoms with Crippen LogP contribution in [0.3, 0.4) is 0 Å². The van der Waals surface area contributed by atoms with Crippen LogP contribution in [-0.2, 0) is 64.9 Å². The van der Waals surface area contributed by atoms with Crippen molar-refractivity contribution in [2.45, 2.75) is 199 Å². The normalized spacial score (nSPS) is 29.7. The molecule has 6 aromatic rings. The number of carbonyl (C=O) groups excluding carboxylic acids is 5. The zero-order chi connectivity index (χ0) is 75.3. The topological polar surface area (TPSA) is 281 Å². The zero-order valence-corrected chi connectivity index (χ0v) is 62.7. The van der Waals surface area contributed by atoms with Crippen molar-refractivity contribution in [3.63, 3.8) is 0 Å². The molecule has 1 aliphatic carbocycles. The number of nitrogens with zero attached hydrogens (tertiary/aromatic N) is 6. The number of aromatic nitrogens is 4. The maximum absolute atomic E-state index is 14.5. The number of cyclic esters (lactones) is 1. The maximum atomic E-state index is 14.5. The van der Waals surface area contributed by atoms with Crippen molar-refractivity contribution in [2.75, 3.05) is 41.1 Å². The third-order valence-electron chi connectivity index (χ3n) is 21.8. The highest BCUT2D eigenvalue weighted by Gasteiger charge is 2.53. The first-order valence-corrected chi connectivity index (χ1v) is 36.8. The number of allylic oxidation sites excluding steroid dienone is 6. The van der Waals surface area contributed by atoms with E-state index in [-0.39, 0.29) is 79.8 Å². The Hall–Kier alpha value is -8.17. The van der Waals surface area contributed by atoms with Crippen LogP contribution in [0.5, 0.6) is 0 Å². The van der Waals surface area contributed by atoms with E-state index in [0.717, 1.165) is 67.2 Å². The Bertz CT molecular complexity index is 4260. The molecule has 0 unspecified atom stereocenters. The summed E-state index contributed by atoms with van der Waals surface area (Å²) in [5.74, 6) is -7.96. The lowest BCUT2D eigenvalue weighted by molar-refractivity contribution is -0.265. The van der Waals surface area contributed by atoms with Gasteiger partial charge in [0.05, 0.1) is 83.1 Å². The number of aliphatic hydroxyl groups is 3. The van der Waals surface area contributed by atoms with Gasteiger partial charge < -0.3 is 48.6 Å². The fraction of sp³-hybridized carbons (Fsp3) is 0.530. The number of hydrogen-bond donors (Lipinski definition) is 3. The SMILES string of the molecule is CO[C@H]1C[C@@H]2CC[C@@H](C)[C@@](O)(O2)C(=O)C(=O)N2CCCC[C@H]2C(=O)O[C@H]([C@H](C)C[C@@H]2CC[C@@H](OCCO)[C@H](OC)C2)CC(=O)[C@H](C)/C=C(\C)[C@@H](O)[C@@H](OC)C(=O)[C@H](C)C[C@H](C)/C=C/C=C/C=C/1C.Cn1c(=O)n(-c2ccc(C(C)(C)C#N)cc2)c2c3cc(-c4cnc5ccccc5c4)ccc3ncc21. The summed E-state index contributed by atoms with van der Waals surface area (Å²) < 4.78 is 38.9. The van der Waals surface area contributed by atoms with E-state index in [1.807, 2.05) is 133 Å². The number of Topliss-reactive ketones (excluding diaryl/α,β-unsaturated/α-hetero) is 3. The minimum Gasteiger partial charge on any atom is -0.460 e. The van der Waals surface area contributed by atoms with Crippen molar-refractivity contribution < 1.29 is 67.7 Å². The molecule has 0 spiro atoms. The molecule has 2 bridgehead atoms. The molecule has 21 heteroatoms. The van der Waals surface area contributed by atoms with Crippen molar-refractivity contribution in [1.82, 2.24) is 24.0 Å². The number of para-hydroxylation sites is 1. The highest BCUT2D eigenvalue weighted by atomic mass is 16.6. The van der Waals surface area contributed by atoms with Gasteiger partial charge in [0.1, 0.15) is 30.1 Å². The van der Waals surface area contributed by atoms with Crippen molar-refractivity contribution in [3.05, 3.63) is 149 Å². The number of hydrogen-bond acceptors (Lipinski definition) is 18. The van der Waals surface area contributed by atoms with Gasteiger partial charge in [-0.1, -0.05) is 107 Å². The van der Waals surface area contributed by atoms with Crippen molar-refractivity contribution in [3.8, 4) is 22.9 Å². The monoisotopic (exact) mass is 1430 g/mol. The van der Waals surface area contributed by atoms with Gasteiger partial charge in [0.25, 0.3) is 11.7 Å². The lowest BCUT2D eigenvalue weighted by Gasteiger charge is -2.42. The third kappa shape index (κ3) is 18.5. The molecule has 558 valence electrons. The van der Waals surface area contributed by atoms with Gasteiger partial charge in [0.2, 0.25) is 5.79 Å². The van der Waals surface area contributed by atoms with E-state index in [1.54, 1.807) is 63.4 Å². The average molecular weight is 1430 g/mol. The zero-order valence-electron chi connectivity index (χ0n) is 62.7. The van der Waals surface area contributed by atoms with Crippen molar-refractivity contribution in [1.29, 1.82) is 5.26 Å². The van der Waals surface area contributed by atoms with Gasteiger partial charge in [-0.25, -0.2) is 9.59 Å². The van der Waals surface area contributed by atoms with Crippen LogP contribution in [0, 0.1) is 46.8 Å². The standard InChI is InChI=1S/C53H83NO14.C30H23N5O/c1-32-16-12-11-13-17-33(2)44(63-8)30-40-21-19-38(7)53(62,68-40)50(59)51(60)54-23-15-14-18-41(54)52(61)67-45(35(4)28-39-20-22-43(66-25-24-55)46(29-39)64-9)31-42(56)34(3)27-37(6)48(58)49(65-10)47(57)36(5)26-32;1-30(2,18-31)22-9-11-23(12-10-22)35-28-24-15-19(21-14-20-6-4-5-7-25(20)32-16-21)8-13-26(24)33-17-27(28)34(3)29(35)36/h11-13,16-17,27,32,34-36,38-41,43-46,48-49,55,58,62H,14-15,18-26,28-31H2,1-10H3;4-17H,1-3H3/b13-11+,16-12+,33-17+,37-27+;/t32-,34-,35-,36-,38-,39+,40+,41+,43-,44+,45+,46-,48-,49+,53-;/m1./s1. The fourth-order valence-corrected chi connectivity index (χ4v) is 15.2. The number of pyridine rings is 2. The molecule has 3 N–H and O–H groups in total. The fourth-order valence-electron chi connectivity index (χ4n) is 15.2. The second kappa shape index (κ2) is 35.7. The first-order valence-electron chi connectivity index (χ1n) is 36.8. The molecule has 1 saturated carbocycles. The Labute approximate surface area is 610 Å². The summed E-state index contributed by atoms with van der Waals surface area (Å²) in [6.07, 6.45) is 15.6. The molecule has 3 aromatic heterocycles. The van der Waals surface area contributed by atoms with E-state index in [2.05, 4.69) is 34.2 Å². The molecule has 3 aromatic carbocycles. The van der Waals surface area contributed by atoms with Gasteiger partial charge in [-0.3, -0.25) is 38.3 Å². The molecule has 3 fully saturated rings. The summed E-state index contributed by atoms with van der Waals surface area (Å²) in [5.41, 5.74) is 7.47. The summed E-state index contributed by atoms with van der Waals surface area (Å²) in [6, 6.07) is 25.1. The number of ether oxygens (including phenoxy) is 6. The molecule has 1 amide bonds. The number of amides is 1. The summed E-state index contributed by atoms with van der Waals surface area (Å²) in [5, 5.41) is 44.3. The lowest BCUT2D eigenvalue weighted by Crippen LogP contribution is -2.61. The number of benzene rings is 3. The molecular weight excluding hydrogens is 1320 g/mol. The second-order valence-corrected chi connectivity index (χ2v) is 29.8. The molecule has 104 heavy (non-hydrogen) atoms. The number of esters is 1. The maximum Gasteiger partial charge on any atom is 0.333 e. The van der Waals surface area contributed by atoms with Gasteiger partial charge in [-0.05, 0) is 168 Å². The number of fused-ring (bicyclic) bond motifs is 7. The molecule has 6 heterocycles. The molecule has 15 atom stereocenters. The number of ketones is 3. The number of carbonyl (C=O) groups is 5. The predicted molar refractivity (Wildman–Crippen MR) is 399 cm³/mol. The van der Waals surface area contributed by atoms with Crippen LogP contribution in [0.1, 0.15) is 145 Å². The van der Waals surface area contributed by atoms with Crippen LogP contribution in [0.4, 0.5) is 0 Å². The van der Waals surface area contributed by atoms with E-state index in [9.17, 15) is 49.3 Å². The Morgan fingerprint density at radius 2 is 1.54 bits per heavy atom. The molecule has 2 saturated heterocycles. The number of aliphatic hydroxyl groups excluding tert-OH is 2. The van der Waals surface area contributed by atoms with Crippen LogP contribution in [0.15, 0.2) is 138 Å². The van der Waals surface area contributed by atoms with Crippen LogP contribution >= 0.6 is 0 Å². The summed E-state index contributed by atoms with van der Waals surface area (Å²) in [6.45, 7) is 16.6. The molecular formula is C83H106N6O15. The molecule has 3 aliphatic heterocycles. The molecule has 0 radical (unpaired) electrons. The van der Waals surface area contributed by atoms with Crippen molar-refractivity contribution in [2.24, 2.45) is 42.6 Å². The summed E-state index contributed by atoms with van der Waals surface area (Å²) in [4.78, 5) is 94.8. The number of methoxy groups -OCH3 is 3. The number of rotatable bonds is 12. The van der Waals surface area contributed by atoms with Crippen molar-refractivity contribution >= 4 is 62.1 Å². The lowest BCUT2D eigenvalue weighted by atomic mass is 9.78. The highest BCUT2D eigenvalue weighted by Crippen LogP contribution is 2.39. The summed E-state index contributed by atoms with van der Waals surface area (Å²) in [7, 11) is 6.35. The highest BCUT2D eigenvalue weighted by molar-refractivity contribution is 6.39. The molecule has 21 nitrogen and oxygen atoms in total. The molecule has 4 aliphatic rings. The van der Waals surface area contributed by atoms with Gasteiger partial charge >= 0.3 is 11.7 Å². The minimum atomic E-state index is -2.43. The van der Waals surface area contributed by atoms with E-state index >= 15 is 0 Å². The van der Waals surface area contributed by atoms with Gasteiger partial charge in [-0.2, -0.15) is 5.26 Å². The van der Waals surface area contributed by atoms with E-state index in [1.165, 1.54) is 12.0 Å². The van der Waals surface area contributed by atoms with Crippen LogP contribution in [-0.4, -0.2) is 164 Å². The van der Waals surface area contributed by atoms with E-state index in [4.69, 9.17) is 28.4 Å². The largest absolute Gasteiger partial charge is 0.460 e. The van der Waals surface area contributed by atoms with Gasteiger partial charge in [0.15, 0.2) is 5.78 Å². The Morgan fingerprint density at radius 3 is 2.25 bits per heavy atom. The third-order valence-corrected chi connectivity index (χ3v) is 21.8. The van der Waals surface area contributed by atoms with E-state index in [0.29, 0.717) is 63.4 Å². The number of nitriles is 1. The number of imidazole rings is 1. The molecule has 10 rings (SSSR count).